The van der Waals surface area contributed by atoms with Crippen molar-refractivity contribution in [2.45, 2.75) is 59.0 Å². The summed E-state index contributed by atoms with van der Waals surface area (Å²) >= 11 is 0. The highest BCUT2D eigenvalue weighted by molar-refractivity contribution is 5.97. The molecule has 0 bridgehead atoms. The Morgan fingerprint density at radius 3 is 2.44 bits per heavy atom. The average molecular weight is 344 g/mol. The lowest BCUT2D eigenvalue weighted by molar-refractivity contribution is -0.118. The van der Waals surface area contributed by atoms with E-state index >= 15 is 0 Å². The maximum Gasteiger partial charge on any atom is 0.410 e. The lowest BCUT2D eigenvalue weighted by Gasteiger charge is -2.30. The maximum absolute atomic E-state index is 12.4. The summed E-state index contributed by atoms with van der Waals surface area (Å²) in [5.74, 6) is 0.180. The molecule has 0 unspecified atom stereocenters. The Morgan fingerprint density at radius 2 is 1.76 bits per heavy atom. The number of fused-ring (bicyclic) bond motifs is 2. The minimum atomic E-state index is -0.478. The summed E-state index contributed by atoms with van der Waals surface area (Å²) in [5, 5.41) is 0. The molecule has 0 fully saturated rings. The number of aryl methyl sites for hydroxylation is 1. The van der Waals surface area contributed by atoms with Crippen molar-refractivity contribution in [3.63, 3.8) is 0 Å². The van der Waals surface area contributed by atoms with Crippen LogP contribution in [0.25, 0.3) is 0 Å². The molecule has 0 N–H and O–H groups in total. The van der Waals surface area contributed by atoms with Crippen LogP contribution in [0.3, 0.4) is 0 Å². The number of hydrogen-bond acceptors (Lipinski definition) is 3. The molecule has 0 aliphatic carbocycles. The monoisotopic (exact) mass is 344 g/mol. The number of ether oxygens (including phenoxy) is 1. The van der Waals surface area contributed by atoms with E-state index in [4.69, 9.17) is 4.74 Å². The number of amides is 2. The Hall–Kier alpha value is -2.04. The molecule has 0 saturated carbocycles. The second kappa shape index (κ2) is 6.36. The second-order valence-corrected chi connectivity index (χ2v) is 8.07. The van der Waals surface area contributed by atoms with Crippen LogP contribution in [0, 0.1) is 6.92 Å². The quantitative estimate of drug-likeness (QED) is 0.726. The number of hydrogen-bond donors (Lipinski definition) is 0. The van der Waals surface area contributed by atoms with Crippen LogP contribution >= 0.6 is 0 Å². The van der Waals surface area contributed by atoms with Crippen LogP contribution in [-0.4, -0.2) is 42.6 Å². The van der Waals surface area contributed by atoms with Gasteiger partial charge in [-0.3, -0.25) is 4.79 Å². The summed E-state index contributed by atoms with van der Waals surface area (Å²) in [6.45, 7) is 9.11. The van der Waals surface area contributed by atoms with Gasteiger partial charge < -0.3 is 14.5 Å². The lowest BCUT2D eigenvalue weighted by Crippen LogP contribution is -2.38. The standard InChI is InChI=1S/C20H28N2O3/c1-13-16-9-11-22(19(24)25-20(2,3)4)10-8-14(16)12-15-6-7-17(23)21(5)18(13)15/h12H,6-11H2,1-5H3. The van der Waals surface area contributed by atoms with Crippen molar-refractivity contribution in [2.75, 3.05) is 25.0 Å². The molecule has 1 aromatic carbocycles. The van der Waals surface area contributed by atoms with Crippen LogP contribution < -0.4 is 4.90 Å². The molecule has 0 atom stereocenters. The molecule has 5 nitrogen and oxygen atoms in total. The molecule has 2 heterocycles. The van der Waals surface area contributed by atoms with Crippen LogP contribution in [0.4, 0.5) is 10.5 Å². The van der Waals surface area contributed by atoms with Gasteiger partial charge in [-0.2, -0.15) is 0 Å². The molecular formula is C20H28N2O3. The fourth-order valence-electron chi connectivity index (χ4n) is 3.88. The molecule has 2 aliphatic heterocycles. The molecule has 0 radical (unpaired) electrons. The van der Waals surface area contributed by atoms with Crippen molar-refractivity contribution in [2.24, 2.45) is 0 Å². The summed E-state index contributed by atoms with van der Waals surface area (Å²) < 4.78 is 5.53. The highest BCUT2D eigenvalue weighted by Gasteiger charge is 2.29. The van der Waals surface area contributed by atoms with Crippen molar-refractivity contribution in [3.8, 4) is 0 Å². The largest absolute Gasteiger partial charge is 0.444 e. The predicted molar refractivity (Wildman–Crippen MR) is 98.1 cm³/mol. The summed E-state index contributed by atoms with van der Waals surface area (Å²) in [7, 11) is 1.86. The number of anilines is 1. The Labute approximate surface area is 149 Å². The molecule has 0 spiro atoms. The first-order valence-electron chi connectivity index (χ1n) is 9.06. The topological polar surface area (TPSA) is 49.9 Å². The highest BCUT2D eigenvalue weighted by atomic mass is 16.6. The average Bonchev–Trinajstić information content (AvgIpc) is 2.72. The predicted octanol–water partition coefficient (Wildman–Crippen LogP) is 3.24. The molecule has 25 heavy (non-hydrogen) atoms. The lowest BCUT2D eigenvalue weighted by atomic mass is 9.89. The van der Waals surface area contributed by atoms with Crippen LogP contribution in [0.2, 0.25) is 0 Å². The minimum absolute atomic E-state index is 0.180. The van der Waals surface area contributed by atoms with Crippen molar-refractivity contribution in [1.29, 1.82) is 0 Å². The number of carbonyl (C=O) groups is 2. The first-order chi connectivity index (χ1) is 11.7. The molecule has 0 aromatic heterocycles. The van der Waals surface area contributed by atoms with Gasteiger partial charge in [0.15, 0.2) is 0 Å². The van der Waals surface area contributed by atoms with Gasteiger partial charge in [-0.25, -0.2) is 4.79 Å². The van der Waals surface area contributed by atoms with Gasteiger partial charge in [-0.1, -0.05) is 6.07 Å². The Bertz CT molecular complexity index is 719. The SMILES string of the molecule is Cc1c2c(cc3c1N(C)C(=O)CC3)CCN(C(=O)OC(C)(C)C)CC2. The molecule has 2 aliphatic rings. The zero-order valence-corrected chi connectivity index (χ0v) is 15.9. The Morgan fingerprint density at radius 1 is 1.08 bits per heavy atom. The van der Waals surface area contributed by atoms with Crippen molar-refractivity contribution < 1.29 is 14.3 Å². The molecule has 136 valence electrons. The maximum atomic E-state index is 12.4. The third-order valence-electron chi connectivity index (χ3n) is 5.10. The van der Waals surface area contributed by atoms with E-state index in [1.165, 1.54) is 22.3 Å². The second-order valence-electron chi connectivity index (χ2n) is 8.07. The molecule has 1 aromatic rings. The Balaban J connectivity index is 1.86. The van der Waals surface area contributed by atoms with Gasteiger partial charge in [0.25, 0.3) is 0 Å². The third-order valence-corrected chi connectivity index (χ3v) is 5.10. The fourth-order valence-corrected chi connectivity index (χ4v) is 3.88. The highest BCUT2D eigenvalue weighted by Crippen LogP contribution is 2.35. The van der Waals surface area contributed by atoms with Gasteiger partial charge in [0, 0.05) is 32.2 Å². The summed E-state index contributed by atoms with van der Waals surface area (Å²) in [6, 6.07) is 2.25. The van der Waals surface area contributed by atoms with E-state index in [9.17, 15) is 9.59 Å². The normalized spacial score (nSPS) is 17.7. The van der Waals surface area contributed by atoms with Gasteiger partial charge in [-0.05, 0) is 69.2 Å². The fraction of sp³-hybridized carbons (Fsp3) is 0.600. The number of nitrogens with zero attached hydrogens (tertiary/aromatic N) is 2. The van der Waals surface area contributed by atoms with E-state index in [1.807, 2.05) is 27.8 Å². The van der Waals surface area contributed by atoms with Crippen molar-refractivity contribution in [1.82, 2.24) is 4.90 Å². The number of carbonyl (C=O) groups excluding carboxylic acids is 2. The number of benzene rings is 1. The van der Waals surface area contributed by atoms with Crippen LogP contribution in [0.15, 0.2) is 6.07 Å². The molecule has 3 rings (SSSR count). The number of rotatable bonds is 0. The van der Waals surface area contributed by atoms with E-state index in [-0.39, 0.29) is 12.0 Å². The van der Waals surface area contributed by atoms with Crippen LogP contribution in [-0.2, 0) is 28.8 Å². The molecule has 0 saturated heterocycles. The van der Waals surface area contributed by atoms with Gasteiger partial charge >= 0.3 is 6.09 Å². The zero-order chi connectivity index (χ0) is 18.4. The van der Waals surface area contributed by atoms with E-state index in [0.717, 1.165) is 24.9 Å². The first kappa shape index (κ1) is 17.8. The smallest absolute Gasteiger partial charge is 0.410 e. The van der Waals surface area contributed by atoms with Crippen molar-refractivity contribution in [3.05, 3.63) is 28.3 Å². The Kier molecular flexibility index (Phi) is 4.52. The van der Waals surface area contributed by atoms with E-state index < -0.39 is 5.60 Å². The van der Waals surface area contributed by atoms with Crippen molar-refractivity contribution >= 4 is 17.7 Å². The van der Waals surface area contributed by atoms with Gasteiger partial charge in [-0.15, -0.1) is 0 Å². The summed E-state index contributed by atoms with van der Waals surface area (Å²) in [5.41, 5.74) is 5.63. The third kappa shape index (κ3) is 3.51. The summed E-state index contributed by atoms with van der Waals surface area (Å²) in [6.07, 6.45) is 2.78. The van der Waals surface area contributed by atoms with Crippen LogP contribution in [0.5, 0.6) is 0 Å². The van der Waals surface area contributed by atoms with Gasteiger partial charge in [0.1, 0.15) is 5.60 Å². The van der Waals surface area contributed by atoms with E-state index in [1.54, 1.807) is 9.80 Å². The molecule has 5 heteroatoms. The van der Waals surface area contributed by atoms with Gasteiger partial charge in [0.2, 0.25) is 5.91 Å². The van der Waals surface area contributed by atoms with Crippen LogP contribution in [0.1, 0.15) is 49.4 Å². The van der Waals surface area contributed by atoms with E-state index in [2.05, 4.69) is 13.0 Å². The molecule has 2 amide bonds. The molecular weight excluding hydrogens is 316 g/mol. The van der Waals surface area contributed by atoms with E-state index in [0.29, 0.717) is 19.5 Å². The van der Waals surface area contributed by atoms with Gasteiger partial charge in [0.05, 0.1) is 0 Å². The summed E-state index contributed by atoms with van der Waals surface area (Å²) in [4.78, 5) is 28.1. The first-order valence-corrected chi connectivity index (χ1v) is 9.06. The minimum Gasteiger partial charge on any atom is -0.444 e. The zero-order valence-electron chi connectivity index (χ0n) is 15.9.